The molecule has 0 saturated heterocycles. The molecule has 0 fully saturated rings. The minimum atomic E-state index is -1.42. The molecule has 0 saturated carbocycles. The van der Waals surface area contributed by atoms with Crippen molar-refractivity contribution in [2.75, 3.05) is 0 Å². The number of halogens is 6. The molecule has 18 heteroatoms. The summed E-state index contributed by atoms with van der Waals surface area (Å²) in [6.45, 7) is 0.293. The number of nitrogens with zero attached hydrogens (tertiary/aromatic N) is 12. The van der Waals surface area contributed by atoms with E-state index in [1.807, 2.05) is 6.07 Å². The van der Waals surface area contributed by atoms with E-state index in [2.05, 4.69) is 56.3 Å². The zero-order chi connectivity index (χ0) is 30.9. The van der Waals surface area contributed by atoms with Gasteiger partial charge in [-0.3, -0.25) is 9.36 Å². The Morgan fingerprint density at radius 2 is 1.09 bits per heavy atom. The number of aromatic nitrogens is 12. The molecule has 44 heavy (non-hydrogen) atoms. The second kappa shape index (κ2) is 12.7. The van der Waals surface area contributed by atoms with Crippen LogP contribution in [0.3, 0.4) is 0 Å². The molecule has 0 spiro atoms. The van der Waals surface area contributed by atoms with Crippen molar-refractivity contribution in [2.45, 2.75) is 34.4 Å². The third-order valence-electron chi connectivity index (χ3n) is 7.16. The lowest BCUT2D eigenvalue weighted by molar-refractivity contribution is 0.153. The quantitative estimate of drug-likeness (QED) is 0.142. The summed E-state index contributed by atoms with van der Waals surface area (Å²) in [7, 11) is 0. The normalized spacial score (nSPS) is 15.9. The fourth-order valence-corrected chi connectivity index (χ4v) is 8.25. The molecule has 226 valence electrons. The molecule has 12 nitrogen and oxygen atoms in total. The van der Waals surface area contributed by atoms with E-state index < -0.39 is 21.3 Å². The first-order chi connectivity index (χ1) is 21.2. The largest absolute Gasteiger partial charge is 0.251 e. The lowest BCUT2D eigenvalue weighted by Gasteiger charge is -2.46. The fraction of sp³-hybridized carbons (Fsp3) is 0.231. The predicted octanol–water partition coefficient (Wildman–Crippen LogP) is 6.27. The molecule has 0 aliphatic carbocycles. The molecule has 2 aromatic carbocycles. The van der Waals surface area contributed by atoms with Crippen LogP contribution in [0.5, 0.6) is 0 Å². The smallest absolute Gasteiger partial charge is 0.137 e. The first kappa shape index (κ1) is 30.9. The highest BCUT2D eigenvalue weighted by molar-refractivity contribution is 9.09. The van der Waals surface area contributed by atoms with Gasteiger partial charge >= 0.3 is 0 Å². The van der Waals surface area contributed by atoms with E-state index in [4.69, 9.17) is 58.0 Å². The maximum Gasteiger partial charge on any atom is 0.137 e. The van der Waals surface area contributed by atoms with E-state index in [0.29, 0.717) is 31.2 Å². The predicted molar refractivity (Wildman–Crippen MR) is 169 cm³/mol. The average Bonchev–Trinajstić information content (AvgIpc) is 3.80. The molecular weight excluding hydrogens is 738 g/mol. The Labute approximate surface area is 284 Å². The monoisotopic (exact) mass is 754 g/mol. The maximum absolute atomic E-state index is 7.95. The average molecular weight is 758 g/mol. The van der Waals surface area contributed by atoms with Crippen LogP contribution in [0.25, 0.3) is 0 Å². The zero-order valence-electron chi connectivity index (χ0n) is 22.3. The van der Waals surface area contributed by atoms with Gasteiger partial charge in [0.05, 0.1) is 23.5 Å². The Morgan fingerprint density at radius 1 is 0.614 bits per heavy atom. The summed E-state index contributed by atoms with van der Waals surface area (Å²) in [5.41, 5.74) is 1.20. The summed E-state index contributed by atoms with van der Waals surface area (Å²) in [5, 5.41) is 19.6. The van der Waals surface area contributed by atoms with Gasteiger partial charge in [0.1, 0.15) is 61.5 Å². The fourth-order valence-electron chi connectivity index (χ4n) is 5.36. The molecule has 0 bridgehead atoms. The zero-order valence-corrected chi connectivity index (χ0v) is 27.7. The Morgan fingerprint density at radius 3 is 1.57 bits per heavy atom. The summed E-state index contributed by atoms with van der Waals surface area (Å²) < 4.78 is 5.50. The Balaban J connectivity index is 1.68. The van der Waals surface area contributed by atoms with Crippen molar-refractivity contribution >= 4 is 73.9 Å². The highest BCUT2D eigenvalue weighted by atomic mass is 79.9. The lowest BCUT2D eigenvalue weighted by Crippen LogP contribution is -2.49. The third kappa shape index (κ3) is 5.96. The van der Waals surface area contributed by atoms with Gasteiger partial charge in [0.25, 0.3) is 0 Å². The topological polar surface area (TPSA) is 123 Å². The number of alkyl halides is 2. The summed E-state index contributed by atoms with van der Waals surface area (Å²) in [6, 6.07) is 8.76. The van der Waals surface area contributed by atoms with Gasteiger partial charge in [-0.05, 0) is 35.4 Å². The Bertz CT molecular complexity index is 1680. The summed E-state index contributed by atoms with van der Waals surface area (Å²) in [4.78, 5) is 15.5. The Kier molecular flexibility index (Phi) is 8.95. The molecule has 6 rings (SSSR count). The van der Waals surface area contributed by atoms with Crippen LogP contribution in [-0.2, 0) is 22.3 Å². The van der Waals surface area contributed by atoms with E-state index in [9.17, 15) is 0 Å². The van der Waals surface area contributed by atoms with Crippen molar-refractivity contribution in [1.29, 1.82) is 0 Å². The van der Waals surface area contributed by atoms with Gasteiger partial charge in [-0.1, -0.05) is 74.5 Å². The minimum Gasteiger partial charge on any atom is -0.251 e. The van der Waals surface area contributed by atoms with Crippen LogP contribution in [0, 0.1) is 0 Å². The van der Waals surface area contributed by atoms with E-state index in [1.165, 1.54) is 25.3 Å². The van der Waals surface area contributed by atoms with Gasteiger partial charge in [-0.2, -0.15) is 20.4 Å². The molecule has 4 aromatic heterocycles. The van der Waals surface area contributed by atoms with Gasteiger partial charge in [0.15, 0.2) is 0 Å². The van der Waals surface area contributed by atoms with Gasteiger partial charge in [-0.15, -0.1) is 11.6 Å². The maximum atomic E-state index is 7.95. The highest BCUT2D eigenvalue weighted by Gasteiger charge is 2.56. The molecule has 6 aromatic rings. The summed E-state index contributed by atoms with van der Waals surface area (Å²) in [6.07, 6.45) is 12.0. The van der Waals surface area contributed by atoms with Crippen LogP contribution < -0.4 is 0 Å². The molecule has 4 unspecified atom stereocenters. The van der Waals surface area contributed by atoms with Crippen LogP contribution >= 0.6 is 73.9 Å². The number of benzene rings is 2. The first-order valence-electron chi connectivity index (χ1n) is 12.8. The van der Waals surface area contributed by atoms with Gasteiger partial charge in [0, 0.05) is 20.1 Å². The Hall–Kier alpha value is -3.07. The number of rotatable bonds is 11. The van der Waals surface area contributed by atoms with Crippen LogP contribution in [0.4, 0.5) is 0 Å². The number of hydrogen-bond acceptors (Lipinski definition) is 8. The summed E-state index contributed by atoms with van der Waals surface area (Å²) >= 11 is 38.6. The van der Waals surface area contributed by atoms with Crippen molar-refractivity contribution in [2.24, 2.45) is 0 Å². The van der Waals surface area contributed by atoms with Crippen molar-refractivity contribution < 1.29 is 0 Å². The highest BCUT2D eigenvalue weighted by Crippen LogP contribution is 2.57. The summed E-state index contributed by atoms with van der Waals surface area (Å²) in [5.74, 6) is 0. The van der Waals surface area contributed by atoms with Gasteiger partial charge in [-0.25, -0.2) is 29.3 Å². The van der Waals surface area contributed by atoms with Crippen molar-refractivity contribution in [3.8, 4) is 0 Å². The SMILES string of the molecule is Clc1ccc(C(Cl)(Cn2cncn2)C(C(n2cncn2)C(Br)(Cn2cncn2)c2ccc(Cl)cc2Cl)n2cncn2)c(Cl)c1. The standard InChI is InChI=1S/C26H20BrCl5N12/c27-25(7-41-13-33-9-37-41,19-3-1-17(28)5-21(19)30)23(43-15-35-11-39-43)24(44-16-36-12-40-44)26(32,8-42-14-34-10-38-42)20-4-2-18(29)6-22(20)31/h1-6,9-16,23-24H,7-8H2. The van der Waals surface area contributed by atoms with E-state index >= 15 is 0 Å². The van der Waals surface area contributed by atoms with Crippen LogP contribution in [0.15, 0.2) is 87.0 Å². The number of hydrogen-bond donors (Lipinski definition) is 0. The second-order valence-electron chi connectivity index (χ2n) is 9.80. The van der Waals surface area contributed by atoms with Gasteiger partial charge < -0.3 is 0 Å². The van der Waals surface area contributed by atoms with Crippen molar-refractivity contribution in [3.05, 3.63) is 118 Å². The van der Waals surface area contributed by atoms with Crippen molar-refractivity contribution in [3.63, 3.8) is 0 Å². The third-order valence-corrected chi connectivity index (χ3v) is 9.94. The molecule has 4 heterocycles. The molecule has 4 atom stereocenters. The molecular formula is C26H20BrCl5N12. The molecule has 0 radical (unpaired) electrons. The molecule has 0 aliphatic heterocycles. The minimum absolute atomic E-state index is 0.0897. The van der Waals surface area contributed by atoms with Crippen LogP contribution in [0.2, 0.25) is 20.1 Å². The molecule has 0 amide bonds. The van der Waals surface area contributed by atoms with E-state index in [0.717, 1.165) is 0 Å². The molecule has 0 N–H and O–H groups in total. The van der Waals surface area contributed by atoms with E-state index in [1.54, 1.807) is 74.4 Å². The lowest BCUT2D eigenvalue weighted by atomic mass is 9.78. The second-order valence-corrected chi connectivity index (χ2v) is 13.6. The molecule has 0 aliphatic rings. The first-order valence-corrected chi connectivity index (χ1v) is 15.5. The van der Waals surface area contributed by atoms with E-state index in [-0.39, 0.29) is 13.1 Å². The van der Waals surface area contributed by atoms with Crippen LogP contribution in [0.1, 0.15) is 23.2 Å². The van der Waals surface area contributed by atoms with Gasteiger partial charge in [0.2, 0.25) is 0 Å². The van der Waals surface area contributed by atoms with Crippen LogP contribution in [-0.4, -0.2) is 59.1 Å². The van der Waals surface area contributed by atoms with Crippen molar-refractivity contribution in [1.82, 2.24) is 59.1 Å².